The number of hydrogen-bond acceptors (Lipinski definition) is 4. The summed E-state index contributed by atoms with van der Waals surface area (Å²) in [5.41, 5.74) is 2.02. The lowest BCUT2D eigenvalue weighted by atomic mass is 10.1. The Kier molecular flexibility index (Phi) is 6.26. The van der Waals surface area contributed by atoms with Crippen molar-refractivity contribution in [3.8, 4) is 5.75 Å². The summed E-state index contributed by atoms with van der Waals surface area (Å²) in [7, 11) is -2.10. The summed E-state index contributed by atoms with van der Waals surface area (Å²) in [6.07, 6.45) is 1.44. The third-order valence-corrected chi connectivity index (χ3v) is 5.14. The van der Waals surface area contributed by atoms with E-state index >= 15 is 0 Å². The van der Waals surface area contributed by atoms with Crippen LogP contribution in [-0.2, 0) is 14.8 Å². The normalized spacial score (nSPS) is 12.3. The molecule has 0 spiro atoms. The van der Waals surface area contributed by atoms with Gasteiger partial charge in [-0.25, -0.2) is 8.42 Å². The zero-order valence-electron chi connectivity index (χ0n) is 15.4. The Balaban J connectivity index is 2.34. The van der Waals surface area contributed by atoms with E-state index in [4.69, 9.17) is 4.74 Å². The van der Waals surface area contributed by atoms with Crippen LogP contribution in [0.3, 0.4) is 0 Å². The number of sulfonamides is 1. The Morgan fingerprint density at radius 2 is 1.85 bits per heavy atom. The number of carbonyl (C=O) groups excluding carboxylic acids is 1. The molecule has 0 saturated carbocycles. The third kappa shape index (κ3) is 4.76. The van der Waals surface area contributed by atoms with E-state index in [9.17, 15) is 13.2 Å². The first-order valence-electron chi connectivity index (χ1n) is 8.27. The minimum Gasteiger partial charge on any atom is -0.497 e. The highest BCUT2D eigenvalue weighted by Crippen LogP contribution is 2.24. The van der Waals surface area contributed by atoms with Gasteiger partial charge in [0.25, 0.3) is 0 Å². The van der Waals surface area contributed by atoms with Crippen LogP contribution in [0.25, 0.3) is 0 Å². The molecule has 1 N–H and O–H groups in total. The van der Waals surface area contributed by atoms with Crippen LogP contribution in [0, 0.1) is 6.92 Å². The van der Waals surface area contributed by atoms with Crippen LogP contribution in [-0.4, -0.2) is 33.7 Å². The van der Waals surface area contributed by atoms with Gasteiger partial charge in [0.05, 0.1) is 19.1 Å². The first kappa shape index (κ1) is 19.8. The van der Waals surface area contributed by atoms with Crippen LogP contribution in [0.1, 0.15) is 18.9 Å². The number of aryl methyl sites for hydroxylation is 1. The highest BCUT2D eigenvalue weighted by molar-refractivity contribution is 7.92. The molecule has 1 atom stereocenters. The smallest absolute Gasteiger partial charge is 0.248 e. The van der Waals surface area contributed by atoms with Gasteiger partial charge < -0.3 is 10.1 Å². The van der Waals surface area contributed by atoms with Crippen molar-refractivity contribution in [1.29, 1.82) is 0 Å². The number of rotatable bonds is 7. The molecule has 2 rings (SSSR count). The predicted molar refractivity (Wildman–Crippen MR) is 104 cm³/mol. The number of carbonyl (C=O) groups is 1. The second kappa shape index (κ2) is 8.23. The van der Waals surface area contributed by atoms with Crippen molar-refractivity contribution in [3.05, 3.63) is 54.1 Å². The number of benzene rings is 2. The molecule has 6 nitrogen and oxygen atoms in total. The number of methoxy groups -OCH3 is 1. The maximum Gasteiger partial charge on any atom is 0.248 e. The van der Waals surface area contributed by atoms with Crippen LogP contribution in [0.2, 0.25) is 0 Å². The van der Waals surface area contributed by atoms with Crippen LogP contribution < -0.4 is 14.4 Å². The van der Waals surface area contributed by atoms with Crippen molar-refractivity contribution in [1.82, 2.24) is 0 Å². The zero-order chi connectivity index (χ0) is 19.3. The number of nitrogens with zero attached hydrogens (tertiary/aromatic N) is 1. The minimum absolute atomic E-state index is 0.330. The standard InChI is InChI=1S/C19H24N2O4S/c1-5-18(19(22)20-15-7-6-8-17(13-15)25-3)21(26(4,23)24)16-11-9-14(2)10-12-16/h6-13,18H,5H2,1-4H3,(H,20,22). The molecule has 2 aromatic carbocycles. The fraction of sp³-hybridized carbons (Fsp3) is 0.316. The number of hydrogen-bond donors (Lipinski definition) is 1. The molecule has 2 aromatic rings. The molecule has 0 aliphatic heterocycles. The first-order chi connectivity index (χ1) is 12.3. The average Bonchev–Trinajstić information content (AvgIpc) is 2.59. The van der Waals surface area contributed by atoms with E-state index in [0.717, 1.165) is 11.8 Å². The second-order valence-electron chi connectivity index (χ2n) is 6.04. The number of nitrogens with one attached hydrogen (secondary N) is 1. The maximum absolute atomic E-state index is 12.8. The van der Waals surface area contributed by atoms with Gasteiger partial charge in [0.15, 0.2) is 0 Å². The van der Waals surface area contributed by atoms with E-state index in [1.807, 2.05) is 19.1 Å². The molecule has 1 unspecified atom stereocenters. The fourth-order valence-electron chi connectivity index (χ4n) is 2.68. The Labute approximate surface area is 154 Å². The van der Waals surface area contributed by atoms with Gasteiger partial charge in [-0.15, -0.1) is 0 Å². The molecule has 0 bridgehead atoms. The molecular weight excluding hydrogens is 352 g/mol. The first-order valence-corrected chi connectivity index (χ1v) is 10.1. The molecule has 1 amide bonds. The summed E-state index contributed by atoms with van der Waals surface area (Å²) >= 11 is 0. The summed E-state index contributed by atoms with van der Waals surface area (Å²) < 4.78 is 31.1. The van der Waals surface area contributed by atoms with E-state index in [-0.39, 0.29) is 0 Å². The largest absolute Gasteiger partial charge is 0.497 e. The fourth-order valence-corrected chi connectivity index (χ4v) is 3.89. The lowest BCUT2D eigenvalue weighted by molar-refractivity contribution is -0.117. The Hall–Kier alpha value is -2.54. The van der Waals surface area contributed by atoms with Crippen LogP contribution >= 0.6 is 0 Å². The average molecular weight is 376 g/mol. The van der Waals surface area contributed by atoms with E-state index in [0.29, 0.717) is 23.5 Å². The van der Waals surface area contributed by atoms with Gasteiger partial charge in [-0.1, -0.05) is 30.7 Å². The topological polar surface area (TPSA) is 75.7 Å². The molecule has 26 heavy (non-hydrogen) atoms. The summed E-state index contributed by atoms with van der Waals surface area (Å²) in [6, 6.07) is 13.1. The highest BCUT2D eigenvalue weighted by Gasteiger charge is 2.31. The van der Waals surface area contributed by atoms with E-state index in [1.165, 1.54) is 4.31 Å². The number of amides is 1. The van der Waals surface area contributed by atoms with Crippen molar-refractivity contribution in [2.45, 2.75) is 26.3 Å². The van der Waals surface area contributed by atoms with Crippen molar-refractivity contribution in [2.24, 2.45) is 0 Å². The van der Waals surface area contributed by atoms with Crippen molar-refractivity contribution in [3.63, 3.8) is 0 Å². The lowest BCUT2D eigenvalue weighted by Crippen LogP contribution is -2.47. The van der Waals surface area contributed by atoms with Crippen molar-refractivity contribution < 1.29 is 17.9 Å². The van der Waals surface area contributed by atoms with Crippen LogP contribution in [0.15, 0.2) is 48.5 Å². The van der Waals surface area contributed by atoms with Crippen molar-refractivity contribution in [2.75, 3.05) is 23.0 Å². The molecule has 0 aromatic heterocycles. The molecule has 7 heteroatoms. The third-order valence-electron chi connectivity index (χ3n) is 3.96. The Bertz CT molecular complexity index is 863. The zero-order valence-corrected chi connectivity index (χ0v) is 16.2. The Morgan fingerprint density at radius 3 is 2.38 bits per heavy atom. The summed E-state index contributed by atoms with van der Waals surface area (Å²) in [5.74, 6) is 0.209. The highest BCUT2D eigenvalue weighted by atomic mass is 32.2. The van der Waals surface area contributed by atoms with Gasteiger partial charge in [0, 0.05) is 11.8 Å². The van der Waals surface area contributed by atoms with E-state index in [2.05, 4.69) is 5.32 Å². The SMILES string of the molecule is CCC(C(=O)Nc1cccc(OC)c1)N(c1ccc(C)cc1)S(C)(=O)=O. The quantitative estimate of drug-likeness (QED) is 0.805. The summed E-state index contributed by atoms with van der Waals surface area (Å²) in [4.78, 5) is 12.8. The Morgan fingerprint density at radius 1 is 1.19 bits per heavy atom. The van der Waals surface area contributed by atoms with Gasteiger partial charge in [-0.2, -0.15) is 0 Å². The molecule has 0 aliphatic rings. The molecule has 0 radical (unpaired) electrons. The molecular formula is C19H24N2O4S. The second-order valence-corrected chi connectivity index (χ2v) is 7.90. The monoisotopic (exact) mass is 376 g/mol. The van der Waals surface area contributed by atoms with Crippen molar-refractivity contribution >= 4 is 27.3 Å². The predicted octanol–water partition coefficient (Wildman–Crippen LogP) is 3.19. The van der Waals surface area contributed by atoms with Gasteiger partial charge in [-0.05, 0) is 37.6 Å². The number of ether oxygens (including phenoxy) is 1. The summed E-state index contributed by atoms with van der Waals surface area (Å²) in [5, 5.41) is 2.78. The molecule has 0 fully saturated rings. The van der Waals surface area contributed by atoms with Crippen LogP contribution in [0.4, 0.5) is 11.4 Å². The molecule has 0 aliphatic carbocycles. The molecule has 140 valence electrons. The van der Waals surface area contributed by atoms with E-state index < -0.39 is 22.0 Å². The van der Waals surface area contributed by atoms with Crippen LogP contribution in [0.5, 0.6) is 5.75 Å². The summed E-state index contributed by atoms with van der Waals surface area (Å²) in [6.45, 7) is 3.70. The van der Waals surface area contributed by atoms with Gasteiger partial charge >= 0.3 is 0 Å². The maximum atomic E-state index is 12.8. The minimum atomic E-state index is -3.64. The van der Waals surface area contributed by atoms with E-state index in [1.54, 1.807) is 50.4 Å². The number of anilines is 2. The van der Waals surface area contributed by atoms with Gasteiger partial charge in [0.2, 0.25) is 15.9 Å². The molecule has 0 saturated heterocycles. The molecule has 0 heterocycles. The lowest BCUT2D eigenvalue weighted by Gasteiger charge is -2.30. The van der Waals surface area contributed by atoms with Gasteiger partial charge in [-0.3, -0.25) is 9.10 Å². The van der Waals surface area contributed by atoms with Gasteiger partial charge in [0.1, 0.15) is 11.8 Å².